The summed E-state index contributed by atoms with van der Waals surface area (Å²) in [7, 11) is 0. The van der Waals surface area contributed by atoms with Gasteiger partial charge in [0.1, 0.15) is 35.0 Å². The van der Waals surface area contributed by atoms with Crippen LogP contribution < -0.4 is 21.5 Å². The van der Waals surface area contributed by atoms with Gasteiger partial charge in [-0.25, -0.2) is 14.8 Å². The Labute approximate surface area is 250 Å². The van der Waals surface area contributed by atoms with E-state index in [1.807, 2.05) is 58.0 Å². The third-order valence-electron chi connectivity index (χ3n) is 7.35. The van der Waals surface area contributed by atoms with Crippen molar-refractivity contribution in [2.24, 2.45) is 0 Å². The minimum absolute atomic E-state index is 0.0733. The van der Waals surface area contributed by atoms with E-state index in [9.17, 15) is 14.9 Å². The molecule has 0 saturated carbocycles. The van der Waals surface area contributed by atoms with E-state index in [-0.39, 0.29) is 41.6 Å². The lowest BCUT2D eigenvalue weighted by Crippen LogP contribution is -2.44. The van der Waals surface area contributed by atoms with Gasteiger partial charge in [0.15, 0.2) is 11.5 Å². The Bertz CT molecular complexity index is 1750. The lowest BCUT2D eigenvalue weighted by atomic mass is 9.99. The minimum atomic E-state index is -0.551. The van der Waals surface area contributed by atoms with Crippen molar-refractivity contribution in [2.75, 3.05) is 12.3 Å². The molecule has 43 heavy (non-hydrogen) atoms. The number of benzene rings is 2. The van der Waals surface area contributed by atoms with Gasteiger partial charge in [-0.15, -0.1) is 0 Å². The molecule has 0 bridgehead atoms. The summed E-state index contributed by atoms with van der Waals surface area (Å²) in [4.78, 5) is 37.8. The maximum Gasteiger partial charge on any atom is 0.335 e. The number of nitriles is 1. The van der Waals surface area contributed by atoms with Gasteiger partial charge >= 0.3 is 5.69 Å². The molecule has 1 unspecified atom stereocenters. The summed E-state index contributed by atoms with van der Waals surface area (Å²) in [5, 5.41) is 13.3. The Kier molecular flexibility index (Phi) is 8.32. The van der Waals surface area contributed by atoms with E-state index in [1.165, 1.54) is 15.5 Å². The largest absolute Gasteiger partial charge is 0.457 e. The lowest BCUT2D eigenvalue weighted by molar-refractivity contribution is -0.127. The monoisotopic (exact) mass is 580 g/mol. The molecule has 1 saturated heterocycles. The van der Waals surface area contributed by atoms with Crippen molar-refractivity contribution in [3.05, 3.63) is 83.1 Å². The molecular formula is C32H36N8O3. The number of imidazole rings is 1. The van der Waals surface area contributed by atoms with Crippen molar-refractivity contribution in [1.82, 2.24) is 29.3 Å². The van der Waals surface area contributed by atoms with Crippen LogP contribution in [0, 0.1) is 11.3 Å². The van der Waals surface area contributed by atoms with Gasteiger partial charge in [-0.2, -0.15) is 5.26 Å². The third kappa shape index (κ3) is 6.29. The number of nitrogens with two attached hydrogens (primary N) is 1. The molecule has 0 spiro atoms. The molecule has 11 heteroatoms. The standard InChI is InChI=1S/C32H36N8O3/c1-21(2)37-32(3,4)17-22(18-33)30(41)38-16-8-9-24(38)19-39-29-27(28(34)35-20-36-29)40(31(39)42)23-12-14-26(15-13-23)43-25-10-6-5-7-11-25/h5-7,10-15,17,20-21,24,37H,8-9,16,19H2,1-4H3,(H2,34,35,36). The number of likely N-dealkylation sites (tertiary alicyclic amines) is 1. The predicted octanol–water partition coefficient (Wildman–Crippen LogP) is 4.17. The van der Waals surface area contributed by atoms with Crippen LogP contribution in [-0.4, -0.2) is 54.1 Å². The van der Waals surface area contributed by atoms with Crippen molar-refractivity contribution >= 4 is 22.9 Å². The van der Waals surface area contributed by atoms with E-state index in [4.69, 9.17) is 10.5 Å². The second-order valence-electron chi connectivity index (χ2n) is 11.6. The number of nitrogen functional groups attached to an aromatic ring is 1. The van der Waals surface area contributed by atoms with E-state index >= 15 is 0 Å². The lowest BCUT2D eigenvalue weighted by Gasteiger charge is -2.28. The van der Waals surface area contributed by atoms with Crippen molar-refractivity contribution < 1.29 is 9.53 Å². The van der Waals surface area contributed by atoms with Gasteiger partial charge in [-0.05, 0) is 69.2 Å². The molecule has 1 aliphatic heterocycles. The van der Waals surface area contributed by atoms with Crippen LogP contribution in [0.1, 0.15) is 40.5 Å². The van der Waals surface area contributed by atoms with Gasteiger partial charge in [0.25, 0.3) is 5.91 Å². The number of amides is 1. The van der Waals surface area contributed by atoms with Crippen molar-refractivity contribution in [2.45, 2.75) is 64.7 Å². The van der Waals surface area contributed by atoms with Crippen LogP contribution in [0.5, 0.6) is 11.5 Å². The number of hydrogen-bond donors (Lipinski definition) is 2. The molecule has 2 aromatic heterocycles. The highest BCUT2D eigenvalue weighted by Crippen LogP contribution is 2.27. The first-order valence-corrected chi connectivity index (χ1v) is 14.3. The average molecular weight is 581 g/mol. The highest BCUT2D eigenvalue weighted by Gasteiger charge is 2.33. The summed E-state index contributed by atoms with van der Waals surface area (Å²) in [6.07, 6.45) is 4.45. The molecule has 4 aromatic rings. The summed E-state index contributed by atoms with van der Waals surface area (Å²) in [5.41, 5.74) is 6.79. The number of fused-ring (bicyclic) bond motifs is 1. The van der Waals surface area contributed by atoms with Gasteiger partial charge in [-0.3, -0.25) is 13.9 Å². The normalized spacial score (nSPS) is 15.7. The van der Waals surface area contributed by atoms with Crippen LogP contribution in [0.15, 0.2) is 77.4 Å². The van der Waals surface area contributed by atoms with E-state index in [0.29, 0.717) is 41.3 Å². The Morgan fingerprint density at radius 2 is 1.86 bits per heavy atom. The number of para-hydroxylation sites is 1. The van der Waals surface area contributed by atoms with Gasteiger partial charge < -0.3 is 20.7 Å². The number of carbonyl (C=O) groups excluding carboxylic acids is 1. The second kappa shape index (κ2) is 12.1. The van der Waals surface area contributed by atoms with Crippen molar-refractivity contribution in [3.8, 4) is 23.3 Å². The number of ether oxygens (including phenoxy) is 1. The smallest absolute Gasteiger partial charge is 0.335 e. The fraction of sp³-hybridized carbons (Fsp3) is 0.344. The number of hydrogen-bond acceptors (Lipinski definition) is 8. The topological polar surface area (TPSA) is 144 Å². The predicted molar refractivity (Wildman–Crippen MR) is 165 cm³/mol. The Morgan fingerprint density at radius 3 is 2.53 bits per heavy atom. The highest BCUT2D eigenvalue weighted by molar-refractivity contribution is 5.97. The quantitative estimate of drug-likeness (QED) is 0.222. The van der Waals surface area contributed by atoms with Crippen LogP contribution in [0.2, 0.25) is 0 Å². The Morgan fingerprint density at radius 1 is 1.16 bits per heavy atom. The van der Waals surface area contributed by atoms with E-state index in [2.05, 4.69) is 21.4 Å². The first-order chi connectivity index (χ1) is 20.6. The molecule has 0 radical (unpaired) electrons. The van der Waals surface area contributed by atoms with Crippen LogP contribution in [-0.2, 0) is 11.3 Å². The third-order valence-corrected chi connectivity index (χ3v) is 7.35. The SMILES string of the molecule is CC(C)NC(C)(C)C=C(C#N)C(=O)N1CCCC1Cn1c(=O)n(-c2ccc(Oc3ccccc3)cc2)c2c(N)ncnc21. The minimum Gasteiger partial charge on any atom is -0.457 e. The van der Waals surface area contributed by atoms with Gasteiger partial charge in [0, 0.05) is 24.7 Å². The van der Waals surface area contributed by atoms with Crippen LogP contribution in [0.4, 0.5) is 5.82 Å². The van der Waals surface area contributed by atoms with Crippen LogP contribution >= 0.6 is 0 Å². The van der Waals surface area contributed by atoms with Gasteiger partial charge in [-0.1, -0.05) is 32.0 Å². The summed E-state index contributed by atoms with van der Waals surface area (Å²) in [5.74, 6) is 1.14. The fourth-order valence-corrected chi connectivity index (χ4v) is 5.74. The summed E-state index contributed by atoms with van der Waals surface area (Å²) < 4.78 is 8.93. The van der Waals surface area contributed by atoms with Crippen molar-refractivity contribution in [1.29, 1.82) is 5.26 Å². The summed E-state index contributed by atoms with van der Waals surface area (Å²) >= 11 is 0. The average Bonchev–Trinajstić information content (AvgIpc) is 3.55. The maximum atomic E-state index is 14.0. The molecular weight excluding hydrogens is 544 g/mol. The molecule has 1 atom stereocenters. The molecule has 0 aliphatic carbocycles. The number of rotatable bonds is 9. The second-order valence-corrected chi connectivity index (χ2v) is 11.6. The Hall–Kier alpha value is -4.95. The first kappa shape index (κ1) is 29.5. The van der Waals surface area contributed by atoms with Crippen LogP contribution in [0.25, 0.3) is 16.9 Å². The van der Waals surface area contributed by atoms with E-state index in [0.717, 1.165) is 6.42 Å². The summed E-state index contributed by atoms with van der Waals surface area (Å²) in [6, 6.07) is 18.5. The van der Waals surface area contributed by atoms with E-state index in [1.54, 1.807) is 35.2 Å². The molecule has 1 amide bonds. The van der Waals surface area contributed by atoms with E-state index < -0.39 is 5.54 Å². The number of carbonyl (C=O) groups is 1. The zero-order valence-electron chi connectivity index (χ0n) is 24.8. The van der Waals surface area contributed by atoms with Crippen molar-refractivity contribution in [3.63, 3.8) is 0 Å². The fourth-order valence-electron chi connectivity index (χ4n) is 5.74. The molecule has 3 heterocycles. The van der Waals surface area contributed by atoms with Gasteiger partial charge in [0.2, 0.25) is 0 Å². The summed E-state index contributed by atoms with van der Waals surface area (Å²) in [6.45, 7) is 8.57. The number of aromatic nitrogens is 4. The molecule has 1 fully saturated rings. The molecule has 1 aliphatic rings. The Balaban J connectivity index is 1.46. The molecule has 3 N–H and O–H groups in total. The molecule has 5 rings (SSSR count). The molecule has 2 aromatic carbocycles. The molecule has 11 nitrogen and oxygen atoms in total. The first-order valence-electron chi connectivity index (χ1n) is 14.3. The number of nitrogens with zero attached hydrogens (tertiary/aromatic N) is 6. The highest BCUT2D eigenvalue weighted by atomic mass is 16.5. The van der Waals surface area contributed by atoms with Gasteiger partial charge in [0.05, 0.1) is 11.7 Å². The molecule has 222 valence electrons. The number of anilines is 1. The zero-order valence-corrected chi connectivity index (χ0v) is 24.8. The van der Waals surface area contributed by atoms with Crippen LogP contribution in [0.3, 0.4) is 0 Å². The number of nitrogens with one attached hydrogen (secondary N) is 1. The zero-order chi connectivity index (χ0) is 30.7. The maximum absolute atomic E-state index is 14.0.